The molecule has 31 heavy (non-hydrogen) atoms. The predicted molar refractivity (Wildman–Crippen MR) is 116 cm³/mol. The van der Waals surface area contributed by atoms with Gasteiger partial charge in [0.25, 0.3) is 0 Å². The van der Waals surface area contributed by atoms with Gasteiger partial charge in [0.1, 0.15) is 23.4 Å². The van der Waals surface area contributed by atoms with Gasteiger partial charge >= 0.3 is 0 Å². The maximum atomic E-state index is 13.6. The Kier molecular flexibility index (Phi) is 8.51. The van der Waals surface area contributed by atoms with Crippen LogP contribution in [-0.2, 0) is 9.47 Å². The van der Waals surface area contributed by atoms with Crippen LogP contribution in [0.15, 0.2) is 40.9 Å². The Labute approximate surface area is 189 Å². The second-order valence-corrected chi connectivity index (χ2v) is 8.19. The molecule has 0 fully saturated rings. The Balaban J connectivity index is 1.98. The lowest BCUT2D eigenvalue weighted by Gasteiger charge is -2.40. The quantitative estimate of drug-likeness (QED) is 0.357. The molecule has 0 aliphatic carbocycles. The van der Waals surface area contributed by atoms with E-state index in [0.717, 1.165) is 11.1 Å². The topological polar surface area (TPSA) is 46.2 Å². The van der Waals surface area contributed by atoms with Crippen LogP contribution in [0.25, 0.3) is 0 Å². The third-order valence-corrected chi connectivity index (χ3v) is 5.98. The molecule has 2 aromatic rings. The van der Waals surface area contributed by atoms with E-state index in [4.69, 9.17) is 23.7 Å². The van der Waals surface area contributed by atoms with Gasteiger partial charge in [-0.1, -0.05) is 19.1 Å². The van der Waals surface area contributed by atoms with E-state index in [-0.39, 0.29) is 37.9 Å². The number of hydrogen-bond acceptors (Lipinski definition) is 5. The van der Waals surface area contributed by atoms with Gasteiger partial charge in [-0.05, 0) is 58.1 Å². The number of halogens is 3. The highest BCUT2D eigenvalue weighted by molar-refractivity contribution is 9.10. The number of hydrogen-bond donors (Lipinski definition) is 0. The van der Waals surface area contributed by atoms with E-state index >= 15 is 0 Å². The van der Waals surface area contributed by atoms with Gasteiger partial charge in [-0.2, -0.15) is 0 Å². The molecule has 0 amide bonds. The first kappa shape index (κ1) is 23.8. The Morgan fingerprint density at radius 1 is 1.00 bits per heavy atom. The Hall–Kier alpha value is -1.90. The average molecular weight is 501 g/mol. The molecule has 0 spiro atoms. The number of alkyl halides is 2. The van der Waals surface area contributed by atoms with Crippen LogP contribution in [0.3, 0.4) is 0 Å². The normalized spacial score (nSPS) is 20.3. The summed E-state index contributed by atoms with van der Waals surface area (Å²) in [6.45, 7) is 2.23. The first-order chi connectivity index (χ1) is 15.0. The second-order valence-electron chi connectivity index (χ2n) is 7.34. The lowest BCUT2D eigenvalue weighted by Crippen LogP contribution is -2.31. The van der Waals surface area contributed by atoms with Crippen molar-refractivity contribution >= 4 is 15.9 Å². The van der Waals surface area contributed by atoms with E-state index < -0.39 is 6.43 Å². The summed E-state index contributed by atoms with van der Waals surface area (Å²) in [5, 5.41) is 0. The number of rotatable bonds is 10. The summed E-state index contributed by atoms with van der Waals surface area (Å²) in [6.07, 6.45) is -2.36. The molecule has 0 saturated carbocycles. The molecule has 0 N–H and O–H groups in total. The fourth-order valence-corrected chi connectivity index (χ4v) is 4.59. The molecule has 3 atom stereocenters. The Bertz CT molecular complexity index is 847. The lowest BCUT2D eigenvalue weighted by atomic mass is 9.74. The number of ether oxygens (including phenoxy) is 5. The van der Waals surface area contributed by atoms with Gasteiger partial charge in [0.2, 0.25) is 6.43 Å². The zero-order valence-corrected chi connectivity index (χ0v) is 19.4. The number of methoxy groups -OCH3 is 2. The maximum absolute atomic E-state index is 13.6. The molecule has 0 aromatic heterocycles. The number of fused-ring (bicyclic) bond motifs is 1. The Morgan fingerprint density at radius 2 is 1.65 bits per heavy atom. The number of benzene rings is 2. The molecule has 2 aromatic carbocycles. The van der Waals surface area contributed by atoms with Crippen LogP contribution in [0.4, 0.5) is 8.78 Å². The molecule has 0 bridgehead atoms. The molecule has 3 rings (SSSR count). The van der Waals surface area contributed by atoms with E-state index in [0.29, 0.717) is 28.1 Å². The zero-order chi connectivity index (χ0) is 22.4. The van der Waals surface area contributed by atoms with Crippen LogP contribution in [-0.4, -0.2) is 34.2 Å². The van der Waals surface area contributed by atoms with Crippen molar-refractivity contribution in [3.05, 3.63) is 52.0 Å². The summed E-state index contributed by atoms with van der Waals surface area (Å²) in [5.74, 6) is 1.27. The largest absolute Gasteiger partial charge is 0.484 e. The highest BCUT2D eigenvalue weighted by atomic mass is 79.9. The summed E-state index contributed by atoms with van der Waals surface area (Å²) in [5.41, 5.74) is 1.64. The van der Waals surface area contributed by atoms with Gasteiger partial charge in [-0.15, -0.1) is 0 Å². The molecule has 0 radical (unpaired) electrons. The minimum atomic E-state index is -2.43. The predicted octanol–water partition coefficient (Wildman–Crippen LogP) is 6.31. The van der Waals surface area contributed by atoms with Crippen molar-refractivity contribution in [2.24, 2.45) is 5.92 Å². The van der Waals surface area contributed by atoms with Gasteiger partial charge in [0.05, 0.1) is 4.47 Å². The lowest BCUT2D eigenvalue weighted by molar-refractivity contribution is 0.0459. The van der Waals surface area contributed by atoms with Gasteiger partial charge in [0, 0.05) is 32.1 Å². The van der Waals surface area contributed by atoms with Gasteiger partial charge in [-0.3, -0.25) is 0 Å². The SMILES string of the molecule is CC[C@H]1[C@@H](CC(F)F)c2cc(OCOC)cc(Br)c2O[C@H]1c1ccc(OCOC)cc1. The summed E-state index contributed by atoms with van der Waals surface area (Å²) in [7, 11) is 3.08. The summed E-state index contributed by atoms with van der Waals surface area (Å²) in [4.78, 5) is 0. The van der Waals surface area contributed by atoms with E-state index in [1.165, 1.54) is 7.11 Å². The summed E-state index contributed by atoms with van der Waals surface area (Å²) in [6, 6.07) is 11.0. The summed E-state index contributed by atoms with van der Waals surface area (Å²) >= 11 is 3.53. The van der Waals surface area contributed by atoms with E-state index in [1.54, 1.807) is 19.2 Å². The maximum Gasteiger partial charge on any atom is 0.239 e. The van der Waals surface area contributed by atoms with Gasteiger partial charge in [-0.25, -0.2) is 8.78 Å². The van der Waals surface area contributed by atoms with Crippen molar-refractivity contribution in [1.29, 1.82) is 0 Å². The van der Waals surface area contributed by atoms with E-state index in [9.17, 15) is 8.78 Å². The first-order valence-electron chi connectivity index (χ1n) is 10.1. The second kappa shape index (κ2) is 11.1. The van der Waals surface area contributed by atoms with Crippen LogP contribution in [0.5, 0.6) is 17.2 Å². The molecule has 1 aliphatic rings. The molecule has 1 aliphatic heterocycles. The van der Waals surface area contributed by atoms with Crippen LogP contribution in [0, 0.1) is 5.92 Å². The highest BCUT2D eigenvalue weighted by Gasteiger charge is 2.40. The van der Waals surface area contributed by atoms with Crippen molar-refractivity contribution in [3.8, 4) is 17.2 Å². The van der Waals surface area contributed by atoms with Crippen molar-refractivity contribution in [2.75, 3.05) is 27.8 Å². The summed E-state index contributed by atoms with van der Waals surface area (Å²) < 4.78 is 55.2. The first-order valence-corrected chi connectivity index (χ1v) is 10.9. The molecular formula is C23H27BrF2O5. The minimum absolute atomic E-state index is 0.0723. The highest BCUT2D eigenvalue weighted by Crippen LogP contribution is 2.53. The molecule has 1 heterocycles. The third-order valence-electron chi connectivity index (χ3n) is 5.39. The minimum Gasteiger partial charge on any atom is -0.484 e. The van der Waals surface area contributed by atoms with Gasteiger partial charge < -0.3 is 23.7 Å². The standard InChI is InChI=1S/C23H27BrF2O5/c1-4-17-18(11-21(25)26)19-9-16(30-13-28-3)10-20(24)23(19)31-22(17)14-5-7-15(8-6-14)29-12-27-2/h5-10,17-18,21-22H,4,11-13H2,1-3H3/t17-,18+,22-/m0/s1. The van der Waals surface area contributed by atoms with Gasteiger partial charge in [0.15, 0.2) is 13.6 Å². The average Bonchev–Trinajstić information content (AvgIpc) is 2.76. The molecule has 0 unspecified atom stereocenters. The molecule has 170 valence electrons. The van der Waals surface area contributed by atoms with Crippen LogP contribution in [0.2, 0.25) is 0 Å². The third kappa shape index (κ3) is 5.67. The van der Waals surface area contributed by atoms with Crippen LogP contribution < -0.4 is 14.2 Å². The fourth-order valence-electron chi connectivity index (χ4n) is 4.04. The van der Waals surface area contributed by atoms with E-state index in [2.05, 4.69) is 15.9 Å². The van der Waals surface area contributed by atoms with E-state index in [1.807, 2.05) is 31.2 Å². The Morgan fingerprint density at radius 3 is 2.23 bits per heavy atom. The van der Waals surface area contributed by atoms with Crippen LogP contribution >= 0.6 is 15.9 Å². The smallest absolute Gasteiger partial charge is 0.239 e. The van der Waals surface area contributed by atoms with Crippen LogP contribution in [0.1, 0.15) is 42.9 Å². The van der Waals surface area contributed by atoms with Crippen molar-refractivity contribution in [1.82, 2.24) is 0 Å². The molecule has 8 heteroatoms. The molecule has 5 nitrogen and oxygen atoms in total. The monoisotopic (exact) mass is 500 g/mol. The van der Waals surface area contributed by atoms with Crippen molar-refractivity contribution in [3.63, 3.8) is 0 Å². The molecular weight excluding hydrogens is 474 g/mol. The van der Waals surface area contributed by atoms with Crippen molar-refractivity contribution < 1.29 is 32.5 Å². The van der Waals surface area contributed by atoms with Crippen molar-refractivity contribution in [2.45, 2.75) is 38.2 Å². The molecule has 0 saturated heterocycles. The zero-order valence-electron chi connectivity index (χ0n) is 17.8. The fraction of sp³-hybridized carbons (Fsp3) is 0.478.